The predicted octanol–water partition coefficient (Wildman–Crippen LogP) is 2.54. The van der Waals surface area contributed by atoms with Gasteiger partial charge in [-0.05, 0) is 30.0 Å². The van der Waals surface area contributed by atoms with Crippen molar-refractivity contribution in [2.45, 2.75) is 46.7 Å². The number of nitrogens with zero attached hydrogens (tertiary/aromatic N) is 1. The Morgan fingerprint density at radius 3 is 2.53 bits per heavy atom. The highest BCUT2D eigenvalue weighted by atomic mass is 16.5. The van der Waals surface area contributed by atoms with Crippen LogP contribution in [-0.4, -0.2) is 23.6 Å². The van der Waals surface area contributed by atoms with Gasteiger partial charge in [0.1, 0.15) is 0 Å². The van der Waals surface area contributed by atoms with Crippen LogP contribution in [0.25, 0.3) is 0 Å². The first-order valence-electron chi connectivity index (χ1n) is 6.71. The van der Waals surface area contributed by atoms with E-state index in [0.29, 0.717) is 13.0 Å². The average Bonchev–Trinajstić information content (AvgIpc) is 2.34. The zero-order valence-electron chi connectivity index (χ0n) is 12.3. The number of esters is 1. The molecule has 1 heterocycles. The first-order valence-corrected chi connectivity index (χ1v) is 6.71. The lowest BCUT2D eigenvalue weighted by Crippen LogP contribution is -2.41. The lowest BCUT2D eigenvalue weighted by Gasteiger charge is -2.31. The molecule has 19 heavy (non-hydrogen) atoms. The fourth-order valence-corrected chi connectivity index (χ4v) is 1.81. The molecular formula is C15H24N2O2. The number of nitrogens with one attached hydrogen (secondary N) is 1. The van der Waals surface area contributed by atoms with Gasteiger partial charge in [-0.15, -0.1) is 0 Å². The van der Waals surface area contributed by atoms with Gasteiger partial charge in [0, 0.05) is 25.0 Å². The molecule has 0 aromatic carbocycles. The Kier molecular flexibility index (Phi) is 5.96. The SMILES string of the molecule is CCOC(=O)CC(NCc1ccncc1)C(C)(C)C. The Morgan fingerprint density at radius 2 is 2.00 bits per heavy atom. The molecule has 106 valence electrons. The Bertz CT molecular complexity index is 385. The molecule has 1 atom stereocenters. The van der Waals surface area contributed by atoms with Crippen molar-refractivity contribution in [2.24, 2.45) is 5.41 Å². The maximum absolute atomic E-state index is 11.6. The minimum Gasteiger partial charge on any atom is -0.466 e. The van der Waals surface area contributed by atoms with Crippen LogP contribution in [0, 0.1) is 5.41 Å². The van der Waals surface area contributed by atoms with Gasteiger partial charge in [-0.25, -0.2) is 0 Å². The van der Waals surface area contributed by atoms with Gasteiger partial charge < -0.3 is 10.1 Å². The molecule has 1 aromatic heterocycles. The first-order chi connectivity index (χ1) is 8.93. The van der Waals surface area contributed by atoms with Crippen LogP contribution in [-0.2, 0) is 16.1 Å². The van der Waals surface area contributed by atoms with E-state index in [9.17, 15) is 4.79 Å². The van der Waals surface area contributed by atoms with Crippen LogP contribution in [0.3, 0.4) is 0 Å². The fourth-order valence-electron chi connectivity index (χ4n) is 1.81. The summed E-state index contributed by atoms with van der Waals surface area (Å²) in [6.45, 7) is 9.35. The predicted molar refractivity (Wildman–Crippen MR) is 75.6 cm³/mol. The standard InChI is InChI=1S/C15H24N2O2/c1-5-19-14(18)10-13(15(2,3)4)17-11-12-6-8-16-9-7-12/h6-9,13,17H,5,10-11H2,1-4H3. The molecule has 0 radical (unpaired) electrons. The monoisotopic (exact) mass is 264 g/mol. The summed E-state index contributed by atoms with van der Waals surface area (Å²) in [5, 5.41) is 3.44. The molecule has 4 nitrogen and oxygen atoms in total. The van der Waals surface area contributed by atoms with Gasteiger partial charge in [-0.2, -0.15) is 0 Å². The van der Waals surface area contributed by atoms with Crippen molar-refractivity contribution in [3.8, 4) is 0 Å². The molecule has 0 saturated carbocycles. The highest BCUT2D eigenvalue weighted by Crippen LogP contribution is 2.22. The zero-order chi connectivity index (χ0) is 14.3. The Hall–Kier alpha value is -1.42. The number of carbonyl (C=O) groups is 1. The average molecular weight is 264 g/mol. The minimum atomic E-state index is -0.148. The molecule has 0 amide bonds. The number of hydrogen-bond donors (Lipinski definition) is 1. The molecule has 1 N–H and O–H groups in total. The summed E-state index contributed by atoms with van der Waals surface area (Å²) in [6.07, 6.45) is 3.94. The normalized spacial score (nSPS) is 13.1. The van der Waals surface area contributed by atoms with E-state index in [0.717, 1.165) is 12.1 Å². The van der Waals surface area contributed by atoms with Crippen LogP contribution in [0.4, 0.5) is 0 Å². The minimum absolute atomic E-state index is 0.000207. The van der Waals surface area contributed by atoms with Crippen molar-refractivity contribution in [1.29, 1.82) is 0 Å². The topological polar surface area (TPSA) is 51.2 Å². The Balaban J connectivity index is 2.58. The van der Waals surface area contributed by atoms with Crippen LogP contribution in [0.1, 0.15) is 39.7 Å². The lowest BCUT2D eigenvalue weighted by molar-refractivity contribution is -0.144. The third-order valence-electron chi connectivity index (χ3n) is 3.02. The molecule has 0 aliphatic rings. The van der Waals surface area contributed by atoms with Crippen LogP contribution in [0.2, 0.25) is 0 Å². The number of pyridine rings is 1. The van der Waals surface area contributed by atoms with E-state index in [2.05, 4.69) is 31.1 Å². The first kappa shape index (κ1) is 15.6. The highest BCUT2D eigenvalue weighted by Gasteiger charge is 2.27. The second-order valence-corrected chi connectivity index (χ2v) is 5.66. The molecule has 0 spiro atoms. The number of carbonyl (C=O) groups excluding carboxylic acids is 1. The molecule has 4 heteroatoms. The molecule has 0 fully saturated rings. The van der Waals surface area contributed by atoms with Crippen molar-refractivity contribution in [1.82, 2.24) is 10.3 Å². The summed E-state index contributed by atoms with van der Waals surface area (Å²) in [6, 6.07) is 4.02. The third-order valence-corrected chi connectivity index (χ3v) is 3.02. The van der Waals surface area contributed by atoms with E-state index in [4.69, 9.17) is 4.74 Å². The van der Waals surface area contributed by atoms with Gasteiger partial charge in [0.05, 0.1) is 13.0 Å². The van der Waals surface area contributed by atoms with E-state index in [1.54, 1.807) is 12.4 Å². The van der Waals surface area contributed by atoms with E-state index in [1.165, 1.54) is 0 Å². The van der Waals surface area contributed by atoms with E-state index in [1.807, 2.05) is 19.1 Å². The summed E-state index contributed by atoms with van der Waals surface area (Å²) in [5.74, 6) is -0.148. The molecule has 1 unspecified atom stereocenters. The molecular weight excluding hydrogens is 240 g/mol. The summed E-state index contributed by atoms with van der Waals surface area (Å²) < 4.78 is 5.03. The second kappa shape index (κ2) is 7.24. The summed E-state index contributed by atoms with van der Waals surface area (Å²) in [5.41, 5.74) is 1.16. The van der Waals surface area contributed by atoms with Crippen LogP contribution >= 0.6 is 0 Å². The number of hydrogen-bond acceptors (Lipinski definition) is 4. The van der Waals surface area contributed by atoms with Gasteiger partial charge in [-0.1, -0.05) is 20.8 Å². The van der Waals surface area contributed by atoms with E-state index >= 15 is 0 Å². The molecule has 1 aromatic rings. The number of ether oxygens (including phenoxy) is 1. The molecule has 1 rings (SSSR count). The van der Waals surface area contributed by atoms with Gasteiger partial charge in [-0.3, -0.25) is 9.78 Å². The van der Waals surface area contributed by atoms with E-state index < -0.39 is 0 Å². The second-order valence-electron chi connectivity index (χ2n) is 5.66. The number of rotatable bonds is 6. The maximum Gasteiger partial charge on any atom is 0.307 e. The summed E-state index contributed by atoms with van der Waals surface area (Å²) in [4.78, 5) is 15.6. The van der Waals surface area contributed by atoms with Crippen LogP contribution in [0.5, 0.6) is 0 Å². The largest absolute Gasteiger partial charge is 0.466 e. The van der Waals surface area contributed by atoms with Gasteiger partial charge >= 0.3 is 5.97 Å². The fraction of sp³-hybridized carbons (Fsp3) is 0.600. The van der Waals surface area contributed by atoms with Crippen molar-refractivity contribution < 1.29 is 9.53 Å². The van der Waals surface area contributed by atoms with E-state index in [-0.39, 0.29) is 17.4 Å². The third kappa shape index (κ3) is 5.83. The van der Waals surface area contributed by atoms with Gasteiger partial charge in [0.15, 0.2) is 0 Å². The van der Waals surface area contributed by atoms with Crippen molar-refractivity contribution in [3.63, 3.8) is 0 Å². The van der Waals surface area contributed by atoms with Crippen molar-refractivity contribution in [3.05, 3.63) is 30.1 Å². The molecule has 0 aliphatic carbocycles. The highest BCUT2D eigenvalue weighted by molar-refractivity contribution is 5.70. The van der Waals surface area contributed by atoms with Crippen molar-refractivity contribution in [2.75, 3.05) is 6.61 Å². The summed E-state index contributed by atoms with van der Waals surface area (Å²) >= 11 is 0. The zero-order valence-corrected chi connectivity index (χ0v) is 12.3. The molecule has 0 aliphatic heterocycles. The van der Waals surface area contributed by atoms with Gasteiger partial charge in [0.25, 0.3) is 0 Å². The molecule has 0 saturated heterocycles. The molecule has 0 bridgehead atoms. The maximum atomic E-state index is 11.6. The van der Waals surface area contributed by atoms with Gasteiger partial charge in [0.2, 0.25) is 0 Å². The van der Waals surface area contributed by atoms with Crippen LogP contribution in [0.15, 0.2) is 24.5 Å². The quantitative estimate of drug-likeness (QED) is 0.802. The lowest BCUT2D eigenvalue weighted by atomic mass is 9.84. The Labute approximate surface area is 115 Å². The summed E-state index contributed by atoms with van der Waals surface area (Å²) in [7, 11) is 0. The van der Waals surface area contributed by atoms with Crippen LogP contribution < -0.4 is 5.32 Å². The number of aromatic nitrogens is 1. The smallest absolute Gasteiger partial charge is 0.307 e. The van der Waals surface area contributed by atoms with Crippen molar-refractivity contribution >= 4 is 5.97 Å². The Morgan fingerprint density at radius 1 is 1.37 bits per heavy atom.